The van der Waals surface area contributed by atoms with Gasteiger partial charge in [-0.25, -0.2) is 0 Å². The molecule has 4 heteroatoms. The number of hydrogen-bond donors (Lipinski definition) is 1. The summed E-state index contributed by atoms with van der Waals surface area (Å²) in [7, 11) is 0. The number of hydrogen-bond acceptors (Lipinski definition) is 3. The van der Waals surface area contributed by atoms with E-state index in [0.29, 0.717) is 12.8 Å². The SMILES string of the molecule is C=CCOC(=O)C1CC(C(=O)O)C1. The van der Waals surface area contributed by atoms with E-state index in [1.54, 1.807) is 0 Å². The summed E-state index contributed by atoms with van der Waals surface area (Å²) in [5.74, 6) is -1.72. The van der Waals surface area contributed by atoms with Crippen LogP contribution in [0.15, 0.2) is 12.7 Å². The summed E-state index contributed by atoms with van der Waals surface area (Å²) in [5, 5.41) is 8.54. The Labute approximate surface area is 76.2 Å². The number of ether oxygens (including phenoxy) is 1. The summed E-state index contributed by atoms with van der Waals surface area (Å²) in [5.41, 5.74) is 0. The molecule has 0 aromatic heterocycles. The fourth-order valence-corrected chi connectivity index (χ4v) is 1.27. The van der Waals surface area contributed by atoms with Crippen molar-refractivity contribution in [2.24, 2.45) is 11.8 Å². The topological polar surface area (TPSA) is 63.6 Å². The van der Waals surface area contributed by atoms with Gasteiger partial charge in [0.15, 0.2) is 0 Å². The molecule has 0 heterocycles. The Hall–Kier alpha value is -1.32. The number of esters is 1. The second-order valence-electron chi connectivity index (χ2n) is 3.12. The molecule has 0 bridgehead atoms. The van der Waals surface area contributed by atoms with Crippen LogP contribution in [-0.2, 0) is 14.3 Å². The van der Waals surface area contributed by atoms with Crippen LogP contribution in [0.5, 0.6) is 0 Å². The van der Waals surface area contributed by atoms with Gasteiger partial charge in [-0.3, -0.25) is 9.59 Å². The molecule has 0 aliphatic heterocycles. The van der Waals surface area contributed by atoms with Gasteiger partial charge < -0.3 is 9.84 Å². The van der Waals surface area contributed by atoms with E-state index in [0.717, 1.165) is 0 Å². The van der Waals surface area contributed by atoms with Crippen molar-refractivity contribution in [3.63, 3.8) is 0 Å². The van der Waals surface area contributed by atoms with E-state index in [1.165, 1.54) is 6.08 Å². The van der Waals surface area contributed by atoms with Crippen molar-refractivity contribution >= 4 is 11.9 Å². The zero-order chi connectivity index (χ0) is 9.84. The van der Waals surface area contributed by atoms with Gasteiger partial charge in [-0.1, -0.05) is 12.7 Å². The highest BCUT2D eigenvalue weighted by molar-refractivity contribution is 5.79. The molecule has 0 aromatic rings. The van der Waals surface area contributed by atoms with Crippen LogP contribution in [0.4, 0.5) is 0 Å². The van der Waals surface area contributed by atoms with Crippen LogP contribution in [0.1, 0.15) is 12.8 Å². The molecule has 1 rings (SSSR count). The highest BCUT2D eigenvalue weighted by Gasteiger charge is 2.39. The van der Waals surface area contributed by atoms with E-state index in [2.05, 4.69) is 6.58 Å². The lowest BCUT2D eigenvalue weighted by atomic mass is 9.75. The van der Waals surface area contributed by atoms with E-state index in [-0.39, 0.29) is 24.4 Å². The van der Waals surface area contributed by atoms with Crippen LogP contribution in [0, 0.1) is 11.8 Å². The summed E-state index contributed by atoms with van der Waals surface area (Å²) < 4.78 is 4.77. The Morgan fingerprint density at radius 2 is 2.08 bits per heavy atom. The molecule has 0 amide bonds. The lowest BCUT2D eigenvalue weighted by Gasteiger charge is -2.29. The van der Waals surface area contributed by atoms with Crippen molar-refractivity contribution < 1.29 is 19.4 Å². The van der Waals surface area contributed by atoms with Crippen LogP contribution < -0.4 is 0 Å². The zero-order valence-electron chi connectivity index (χ0n) is 7.23. The third kappa shape index (κ3) is 2.31. The summed E-state index contributed by atoms with van der Waals surface area (Å²) >= 11 is 0. The first-order valence-electron chi connectivity index (χ1n) is 4.15. The lowest BCUT2D eigenvalue weighted by molar-refractivity contribution is -0.157. The predicted octanol–water partition coefficient (Wildman–Crippen LogP) is 0.826. The summed E-state index contributed by atoms with van der Waals surface area (Å²) in [4.78, 5) is 21.5. The van der Waals surface area contributed by atoms with Crippen LogP contribution >= 0.6 is 0 Å². The standard InChI is InChI=1S/C9H12O4/c1-2-3-13-9(12)7-4-6(5-7)8(10)11/h2,6-7H,1,3-5H2,(H,10,11). The lowest BCUT2D eigenvalue weighted by Crippen LogP contribution is -2.36. The fourth-order valence-electron chi connectivity index (χ4n) is 1.27. The average molecular weight is 184 g/mol. The molecule has 72 valence electrons. The Morgan fingerprint density at radius 1 is 1.46 bits per heavy atom. The van der Waals surface area contributed by atoms with Crippen molar-refractivity contribution in [3.8, 4) is 0 Å². The number of rotatable bonds is 4. The summed E-state index contributed by atoms with van der Waals surface area (Å²) in [6.07, 6.45) is 2.31. The molecular formula is C9H12O4. The third-order valence-electron chi connectivity index (χ3n) is 2.16. The number of carboxylic acids is 1. The highest BCUT2D eigenvalue weighted by Crippen LogP contribution is 2.34. The summed E-state index contributed by atoms with van der Waals surface area (Å²) in [6, 6.07) is 0. The summed E-state index contributed by atoms with van der Waals surface area (Å²) in [6.45, 7) is 3.61. The van der Waals surface area contributed by atoms with Crippen molar-refractivity contribution in [1.29, 1.82) is 0 Å². The third-order valence-corrected chi connectivity index (χ3v) is 2.16. The van der Waals surface area contributed by atoms with Gasteiger partial charge in [-0.15, -0.1) is 0 Å². The van der Waals surface area contributed by atoms with Gasteiger partial charge in [0.25, 0.3) is 0 Å². The molecule has 0 aromatic carbocycles. The minimum absolute atomic E-state index is 0.201. The van der Waals surface area contributed by atoms with Crippen LogP contribution in [-0.4, -0.2) is 23.7 Å². The van der Waals surface area contributed by atoms with Gasteiger partial charge in [0.05, 0.1) is 11.8 Å². The van der Waals surface area contributed by atoms with Crippen molar-refractivity contribution in [3.05, 3.63) is 12.7 Å². The Kier molecular flexibility index (Phi) is 3.06. The Balaban J connectivity index is 2.22. The molecule has 1 fully saturated rings. The molecule has 0 atom stereocenters. The maximum absolute atomic E-state index is 11.1. The van der Waals surface area contributed by atoms with Crippen molar-refractivity contribution in [2.75, 3.05) is 6.61 Å². The predicted molar refractivity (Wildman–Crippen MR) is 45.0 cm³/mol. The molecule has 1 N–H and O–H groups in total. The normalized spacial score (nSPS) is 25.8. The van der Waals surface area contributed by atoms with Crippen LogP contribution in [0.25, 0.3) is 0 Å². The molecule has 13 heavy (non-hydrogen) atoms. The first-order valence-corrected chi connectivity index (χ1v) is 4.15. The van der Waals surface area contributed by atoms with Gasteiger partial charge in [0.2, 0.25) is 0 Å². The Morgan fingerprint density at radius 3 is 2.54 bits per heavy atom. The van der Waals surface area contributed by atoms with Crippen LogP contribution in [0.3, 0.4) is 0 Å². The Bertz CT molecular complexity index is 228. The maximum atomic E-state index is 11.1. The fraction of sp³-hybridized carbons (Fsp3) is 0.556. The quantitative estimate of drug-likeness (QED) is 0.519. The van der Waals surface area contributed by atoms with E-state index in [4.69, 9.17) is 9.84 Å². The van der Waals surface area contributed by atoms with Crippen molar-refractivity contribution in [2.45, 2.75) is 12.8 Å². The average Bonchev–Trinajstić information content (AvgIpc) is 1.97. The number of aliphatic carboxylic acids is 1. The molecule has 0 spiro atoms. The van der Waals surface area contributed by atoms with Gasteiger partial charge in [0.1, 0.15) is 6.61 Å². The van der Waals surface area contributed by atoms with Gasteiger partial charge in [0, 0.05) is 0 Å². The monoisotopic (exact) mass is 184 g/mol. The van der Waals surface area contributed by atoms with E-state index in [1.807, 2.05) is 0 Å². The first-order chi connectivity index (χ1) is 6.15. The number of carboxylic acid groups (broad SMARTS) is 1. The molecule has 1 aliphatic carbocycles. The molecular weight excluding hydrogens is 172 g/mol. The van der Waals surface area contributed by atoms with Crippen molar-refractivity contribution in [1.82, 2.24) is 0 Å². The second kappa shape index (κ2) is 4.07. The smallest absolute Gasteiger partial charge is 0.309 e. The van der Waals surface area contributed by atoms with Gasteiger partial charge >= 0.3 is 11.9 Å². The van der Waals surface area contributed by atoms with E-state index < -0.39 is 5.97 Å². The molecule has 0 radical (unpaired) electrons. The molecule has 1 saturated carbocycles. The molecule has 0 unspecified atom stereocenters. The first kappa shape index (κ1) is 9.77. The molecule has 1 aliphatic rings. The molecule has 0 saturated heterocycles. The minimum atomic E-state index is -0.826. The van der Waals surface area contributed by atoms with E-state index >= 15 is 0 Å². The minimum Gasteiger partial charge on any atom is -0.481 e. The number of carbonyl (C=O) groups is 2. The van der Waals surface area contributed by atoms with Crippen LogP contribution in [0.2, 0.25) is 0 Å². The maximum Gasteiger partial charge on any atom is 0.309 e. The number of carbonyl (C=O) groups excluding carboxylic acids is 1. The zero-order valence-corrected chi connectivity index (χ0v) is 7.23. The molecule has 4 nitrogen and oxygen atoms in total. The largest absolute Gasteiger partial charge is 0.481 e. The second-order valence-corrected chi connectivity index (χ2v) is 3.12. The van der Waals surface area contributed by atoms with Gasteiger partial charge in [-0.05, 0) is 12.8 Å². The highest BCUT2D eigenvalue weighted by atomic mass is 16.5. The van der Waals surface area contributed by atoms with Gasteiger partial charge in [-0.2, -0.15) is 0 Å². The van der Waals surface area contributed by atoms with E-state index in [9.17, 15) is 9.59 Å².